The highest BCUT2D eigenvalue weighted by molar-refractivity contribution is 7.93. The van der Waals surface area contributed by atoms with Gasteiger partial charge in [0.15, 0.2) is 11.8 Å². The van der Waals surface area contributed by atoms with E-state index in [0.717, 1.165) is 22.9 Å². The van der Waals surface area contributed by atoms with Crippen LogP contribution in [0.3, 0.4) is 0 Å². The first-order chi connectivity index (χ1) is 21.9. The van der Waals surface area contributed by atoms with Gasteiger partial charge in [-0.2, -0.15) is 9.35 Å². The molecule has 0 bridgehead atoms. The standard InChI is InChI=1S/C32H40ClN5O6SSi/c1-6-45(2,40)37-22-11-12-24(34-16-22)20-7-9-21(10-8-20)28-23(33)15-25-31(36-28)38(19-41-13-14-46(3,4)5)32(35-25)44-27-18-43-29-26(39)17-42-30(27)29/h7-12,15-16,26-27,29-30,39H,6,13-14,17-19H2,1-5H3/t26-,27-,29-,30-,45?/m1/s1. The van der Waals surface area contributed by atoms with Crippen LogP contribution in [0.4, 0.5) is 5.69 Å². The molecule has 0 amide bonds. The van der Waals surface area contributed by atoms with Crippen molar-refractivity contribution in [2.24, 2.45) is 4.36 Å². The van der Waals surface area contributed by atoms with E-state index in [1.54, 1.807) is 18.5 Å². The summed E-state index contributed by atoms with van der Waals surface area (Å²) in [7, 11) is -3.55. The molecule has 5 atom stereocenters. The number of benzene rings is 1. The van der Waals surface area contributed by atoms with E-state index < -0.39 is 36.1 Å². The first kappa shape index (κ1) is 33.0. The summed E-state index contributed by atoms with van der Waals surface area (Å²) in [5.41, 5.74) is 4.85. The van der Waals surface area contributed by atoms with Crippen molar-refractivity contribution in [1.82, 2.24) is 19.5 Å². The van der Waals surface area contributed by atoms with Gasteiger partial charge in [0.25, 0.3) is 0 Å². The fourth-order valence-corrected chi connectivity index (χ4v) is 7.02. The summed E-state index contributed by atoms with van der Waals surface area (Å²) in [6, 6.07) is 14.7. The minimum atomic E-state index is -2.26. The maximum Gasteiger partial charge on any atom is 0.301 e. The Hall–Kier alpha value is -2.91. The smallest absolute Gasteiger partial charge is 0.301 e. The Bertz CT molecular complexity index is 1820. The molecule has 246 valence electrons. The summed E-state index contributed by atoms with van der Waals surface area (Å²) in [4.78, 5) is 14.2. The fourth-order valence-electron chi connectivity index (χ4n) is 5.32. The summed E-state index contributed by atoms with van der Waals surface area (Å²) < 4.78 is 42.5. The Morgan fingerprint density at radius 3 is 2.52 bits per heavy atom. The predicted molar refractivity (Wildman–Crippen MR) is 182 cm³/mol. The van der Waals surface area contributed by atoms with Gasteiger partial charge in [-0.3, -0.25) is 9.55 Å². The highest BCUT2D eigenvalue weighted by Gasteiger charge is 2.49. The Labute approximate surface area is 275 Å². The molecule has 14 heteroatoms. The lowest BCUT2D eigenvalue weighted by molar-refractivity contribution is 0.00336. The molecule has 2 aliphatic rings. The summed E-state index contributed by atoms with van der Waals surface area (Å²) in [6.45, 7) is 10.1. The van der Waals surface area contributed by atoms with E-state index in [4.69, 9.17) is 40.5 Å². The molecule has 3 aromatic heterocycles. The number of rotatable bonds is 11. The van der Waals surface area contributed by atoms with Crippen molar-refractivity contribution < 1.29 is 28.3 Å². The number of aliphatic hydroxyl groups is 1. The predicted octanol–water partition coefficient (Wildman–Crippen LogP) is 5.78. The zero-order valence-corrected chi connectivity index (χ0v) is 29.3. The lowest BCUT2D eigenvalue weighted by atomic mass is 10.1. The van der Waals surface area contributed by atoms with Crippen molar-refractivity contribution >= 4 is 46.3 Å². The molecule has 1 N–H and O–H groups in total. The zero-order valence-electron chi connectivity index (χ0n) is 26.7. The molecule has 0 spiro atoms. The number of pyridine rings is 2. The van der Waals surface area contributed by atoms with E-state index >= 15 is 0 Å². The van der Waals surface area contributed by atoms with Crippen molar-refractivity contribution in [2.45, 2.75) is 63.8 Å². The number of halogens is 1. The maximum atomic E-state index is 12.4. The van der Waals surface area contributed by atoms with Gasteiger partial charge in [-0.25, -0.2) is 9.19 Å². The average molecular weight is 686 g/mol. The molecule has 4 aromatic rings. The van der Waals surface area contributed by atoms with Crippen molar-refractivity contribution in [3.05, 3.63) is 53.7 Å². The zero-order chi connectivity index (χ0) is 32.6. The van der Waals surface area contributed by atoms with Gasteiger partial charge in [-0.15, -0.1) is 0 Å². The topological polar surface area (TPSA) is 130 Å². The van der Waals surface area contributed by atoms with Crippen LogP contribution in [0, 0.1) is 0 Å². The molecule has 0 saturated carbocycles. The SMILES string of the molecule is CCS(C)(=O)=Nc1ccc(-c2ccc(-c3nc4c(cc3Cl)nc(O[C@@H]3CO[C@H]5[C@@H]3OC[C@H]5O)n4COCC[Si](C)(C)C)cc2)nc1. The van der Waals surface area contributed by atoms with Crippen LogP contribution in [0.15, 0.2) is 53.0 Å². The van der Waals surface area contributed by atoms with E-state index in [0.29, 0.717) is 45.9 Å². The van der Waals surface area contributed by atoms with Crippen LogP contribution >= 0.6 is 11.6 Å². The number of aromatic nitrogens is 4. The molecule has 0 radical (unpaired) electrons. The van der Waals surface area contributed by atoms with Crippen molar-refractivity contribution in [1.29, 1.82) is 0 Å². The van der Waals surface area contributed by atoms with E-state index in [1.165, 1.54) is 0 Å². The molecule has 2 fully saturated rings. The summed E-state index contributed by atoms with van der Waals surface area (Å²) in [5.74, 6) is 0.482. The quantitative estimate of drug-likeness (QED) is 0.154. The molecular weight excluding hydrogens is 646 g/mol. The van der Waals surface area contributed by atoms with Crippen LogP contribution in [-0.2, 0) is 30.7 Å². The van der Waals surface area contributed by atoms with Gasteiger partial charge in [-0.05, 0) is 24.2 Å². The number of ether oxygens (including phenoxy) is 4. The van der Waals surface area contributed by atoms with E-state index in [1.807, 2.05) is 47.9 Å². The number of hydrogen-bond donors (Lipinski definition) is 1. The third kappa shape index (κ3) is 7.30. The number of imidazole rings is 1. The van der Waals surface area contributed by atoms with Crippen LogP contribution in [0.2, 0.25) is 30.7 Å². The Kier molecular flexibility index (Phi) is 9.54. The lowest BCUT2D eigenvalue weighted by Gasteiger charge is -2.19. The van der Waals surface area contributed by atoms with Crippen LogP contribution in [-0.4, -0.2) is 93.2 Å². The van der Waals surface area contributed by atoms with Crippen LogP contribution in [0.25, 0.3) is 33.7 Å². The van der Waals surface area contributed by atoms with Crippen LogP contribution in [0.1, 0.15) is 6.92 Å². The van der Waals surface area contributed by atoms with E-state index in [9.17, 15) is 9.32 Å². The largest absolute Gasteiger partial charge is 0.456 e. The summed E-state index contributed by atoms with van der Waals surface area (Å²) in [5, 5.41) is 10.6. The highest BCUT2D eigenvalue weighted by atomic mass is 35.5. The van der Waals surface area contributed by atoms with Gasteiger partial charge in [0.1, 0.15) is 30.6 Å². The van der Waals surface area contributed by atoms with E-state index in [-0.39, 0.29) is 26.0 Å². The second-order valence-corrected chi connectivity index (χ2v) is 21.7. The van der Waals surface area contributed by atoms with Crippen molar-refractivity contribution in [2.75, 3.05) is 31.8 Å². The molecule has 0 aliphatic carbocycles. The normalized spacial score (nSPS) is 22.6. The van der Waals surface area contributed by atoms with Gasteiger partial charge >= 0.3 is 6.01 Å². The minimum Gasteiger partial charge on any atom is -0.456 e. The van der Waals surface area contributed by atoms with Gasteiger partial charge in [0, 0.05) is 47.5 Å². The monoisotopic (exact) mass is 685 g/mol. The summed E-state index contributed by atoms with van der Waals surface area (Å²) in [6.07, 6.45) is 1.37. The Morgan fingerprint density at radius 2 is 1.83 bits per heavy atom. The molecule has 5 heterocycles. The molecular formula is C32H40ClN5O6SSi. The first-order valence-corrected chi connectivity index (χ1v) is 21.6. The maximum absolute atomic E-state index is 12.4. The molecule has 1 aromatic carbocycles. The fraction of sp³-hybridized carbons (Fsp3) is 0.469. The minimum absolute atomic E-state index is 0.202. The Balaban J connectivity index is 1.28. The summed E-state index contributed by atoms with van der Waals surface area (Å²) >= 11 is 6.78. The third-order valence-electron chi connectivity index (χ3n) is 8.13. The number of hydrogen-bond acceptors (Lipinski definition) is 10. The molecule has 2 aliphatic heterocycles. The Morgan fingerprint density at radius 1 is 1.09 bits per heavy atom. The molecule has 1 unspecified atom stereocenters. The molecule has 6 rings (SSSR count). The lowest BCUT2D eigenvalue weighted by Crippen LogP contribution is -2.35. The highest BCUT2D eigenvalue weighted by Crippen LogP contribution is 2.34. The number of fused-ring (bicyclic) bond motifs is 2. The molecule has 46 heavy (non-hydrogen) atoms. The van der Waals surface area contributed by atoms with E-state index in [2.05, 4.69) is 29.0 Å². The van der Waals surface area contributed by atoms with Gasteiger partial charge in [0.05, 0.1) is 41.5 Å². The van der Waals surface area contributed by atoms with Gasteiger partial charge in [0.2, 0.25) is 0 Å². The number of nitrogens with zero attached hydrogens (tertiary/aromatic N) is 5. The van der Waals surface area contributed by atoms with Gasteiger partial charge < -0.3 is 24.1 Å². The molecule has 11 nitrogen and oxygen atoms in total. The van der Waals surface area contributed by atoms with Gasteiger partial charge in [-0.1, -0.05) is 62.4 Å². The van der Waals surface area contributed by atoms with Crippen LogP contribution in [0.5, 0.6) is 6.01 Å². The van der Waals surface area contributed by atoms with Crippen molar-refractivity contribution in [3.8, 4) is 28.5 Å². The molecule has 2 saturated heterocycles. The number of aliphatic hydroxyl groups excluding tert-OH is 1. The first-order valence-electron chi connectivity index (χ1n) is 15.4. The van der Waals surface area contributed by atoms with Crippen molar-refractivity contribution in [3.63, 3.8) is 0 Å². The second kappa shape index (κ2) is 13.3. The second-order valence-electron chi connectivity index (χ2n) is 13.0. The van der Waals surface area contributed by atoms with Crippen LogP contribution < -0.4 is 4.74 Å². The third-order valence-corrected chi connectivity index (χ3v) is 11.8. The average Bonchev–Trinajstić information content (AvgIpc) is 3.69.